The molecule has 4 nitrogen and oxygen atoms in total. The van der Waals surface area contributed by atoms with E-state index < -0.39 is 0 Å². The second-order valence-corrected chi connectivity index (χ2v) is 3.40. The summed E-state index contributed by atoms with van der Waals surface area (Å²) in [5.74, 6) is 0.309. The summed E-state index contributed by atoms with van der Waals surface area (Å²) < 4.78 is 1.78. The van der Waals surface area contributed by atoms with Crippen molar-refractivity contribution in [1.29, 1.82) is 0 Å². The number of aliphatic hydroxyl groups excluding tert-OH is 1. The van der Waals surface area contributed by atoms with Gasteiger partial charge in [-0.3, -0.25) is 4.68 Å². The van der Waals surface area contributed by atoms with E-state index in [4.69, 9.17) is 5.11 Å². The first-order valence-electron chi connectivity index (χ1n) is 4.52. The van der Waals surface area contributed by atoms with Gasteiger partial charge in [-0.25, -0.2) is 0 Å². The zero-order valence-corrected chi connectivity index (χ0v) is 8.20. The fourth-order valence-electron chi connectivity index (χ4n) is 1.07. The number of hydrogen-bond donors (Lipinski definition) is 2. The van der Waals surface area contributed by atoms with Crippen molar-refractivity contribution in [1.82, 2.24) is 15.1 Å². The molecule has 13 heavy (non-hydrogen) atoms. The molecule has 1 atom stereocenters. The highest BCUT2D eigenvalue weighted by Crippen LogP contribution is 1.94. The van der Waals surface area contributed by atoms with Crippen molar-refractivity contribution in [3.05, 3.63) is 18.0 Å². The number of hydrogen-bond acceptors (Lipinski definition) is 3. The molecule has 0 aliphatic rings. The van der Waals surface area contributed by atoms with E-state index in [-0.39, 0.29) is 6.61 Å². The molecule has 0 aliphatic carbocycles. The average Bonchev–Trinajstić information content (AvgIpc) is 2.51. The van der Waals surface area contributed by atoms with Gasteiger partial charge in [-0.2, -0.15) is 5.10 Å². The molecule has 0 radical (unpaired) electrons. The van der Waals surface area contributed by atoms with Gasteiger partial charge in [0.25, 0.3) is 0 Å². The minimum atomic E-state index is 0.231. The zero-order valence-electron chi connectivity index (χ0n) is 8.20. The Morgan fingerprint density at radius 2 is 2.46 bits per heavy atom. The molecule has 1 unspecified atom stereocenters. The molecule has 0 aromatic carbocycles. The molecule has 2 N–H and O–H groups in total. The van der Waals surface area contributed by atoms with Gasteiger partial charge in [-0.05, 0) is 12.0 Å². The van der Waals surface area contributed by atoms with Crippen molar-refractivity contribution in [2.24, 2.45) is 13.0 Å². The van der Waals surface area contributed by atoms with Crippen LogP contribution in [-0.2, 0) is 13.6 Å². The van der Waals surface area contributed by atoms with Gasteiger partial charge in [-0.1, -0.05) is 6.92 Å². The maximum absolute atomic E-state index is 8.78. The molecule has 0 aliphatic heterocycles. The van der Waals surface area contributed by atoms with E-state index in [1.807, 2.05) is 26.2 Å². The Morgan fingerprint density at radius 3 is 3.00 bits per heavy atom. The van der Waals surface area contributed by atoms with Crippen molar-refractivity contribution in [3.8, 4) is 0 Å². The van der Waals surface area contributed by atoms with Gasteiger partial charge in [0.05, 0.1) is 5.69 Å². The van der Waals surface area contributed by atoms with E-state index >= 15 is 0 Å². The van der Waals surface area contributed by atoms with Crippen molar-refractivity contribution < 1.29 is 5.11 Å². The first kappa shape index (κ1) is 10.2. The molecular weight excluding hydrogens is 166 g/mol. The highest BCUT2D eigenvalue weighted by molar-refractivity contribution is 4.97. The van der Waals surface area contributed by atoms with E-state index in [0.29, 0.717) is 5.92 Å². The molecule has 0 fully saturated rings. The van der Waals surface area contributed by atoms with E-state index in [0.717, 1.165) is 18.8 Å². The van der Waals surface area contributed by atoms with Crippen LogP contribution in [0.4, 0.5) is 0 Å². The molecule has 1 rings (SSSR count). The summed E-state index contributed by atoms with van der Waals surface area (Å²) in [5.41, 5.74) is 1.03. The van der Waals surface area contributed by atoms with Crippen molar-refractivity contribution in [2.45, 2.75) is 13.5 Å². The number of rotatable bonds is 5. The van der Waals surface area contributed by atoms with Crippen molar-refractivity contribution in [3.63, 3.8) is 0 Å². The van der Waals surface area contributed by atoms with Crippen molar-refractivity contribution >= 4 is 0 Å². The normalized spacial score (nSPS) is 13.2. The lowest BCUT2D eigenvalue weighted by molar-refractivity contribution is 0.233. The fraction of sp³-hybridized carbons (Fsp3) is 0.667. The Hall–Kier alpha value is -0.870. The van der Waals surface area contributed by atoms with Crippen LogP contribution < -0.4 is 5.32 Å². The molecule has 1 aromatic heterocycles. The number of aliphatic hydroxyl groups is 1. The molecular formula is C9H17N3O. The predicted octanol–water partition coefficient (Wildman–Crippen LogP) is 0.138. The Labute approximate surface area is 78.6 Å². The molecule has 74 valence electrons. The summed E-state index contributed by atoms with van der Waals surface area (Å²) in [5, 5.41) is 16.2. The van der Waals surface area contributed by atoms with E-state index in [2.05, 4.69) is 10.4 Å². The summed E-state index contributed by atoms with van der Waals surface area (Å²) in [6.07, 6.45) is 1.92. The van der Waals surface area contributed by atoms with Crippen molar-refractivity contribution in [2.75, 3.05) is 13.2 Å². The SMILES string of the molecule is CC(CO)CNCc1ccn(C)n1. The van der Waals surface area contributed by atoms with Gasteiger partial charge in [0.1, 0.15) is 0 Å². The third-order valence-corrected chi connectivity index (χ3v) is 1.88. The largest absolute Gasteiger partial charge is 0.396 e. The second kappa shape index (κ2) is 4.99. The van der Waals surface area contributed by atoms with E-state index in [1.54, 1.807) is 4.68 Å². The molecule has 1 aromatic rings. The summed E-state index contributed by atoms with van der Waals surface area (Å²) in [6.45, 7) is 3.83. The second-order valence-electron chi connectivity index (χ2n) is 3.40. The third-order valence-electron chi connectivity index (χ3n) is 1.88. The summed E-state index contributed by atoms with van der Waals surface area (Å²) in [6, 6.07) is 1.98. The molecule has 0 saturated heterocycles. The van der Waals surface area contributed by atoms with Gasteiger partial charge < -0.3 is 10.4 Å². The van der Waals surface area contributed by atoms with Crippen LogP contribution in [0.3, 0.4) is 0 Å². The van der Waals surface area contributed by atoms with E-state index in [9.17, 15) is 0 Å². The number of aromatic nitrogens is 2. The Bertz CT molecular complexity index is 247. The first-order chi connectivity index (χ1) is 6.22. The maximum atomic E-state index is 8.78. The van der Waals surface area contributed by atoms with E-state index in [1.165, 1.54) is 0 Å². The van der Waals surface area contributed by atoms with Crippen LogP contribution in [0.5, 0.6) is 0 Å². The Morgan fingerprint density at radius 1 is 1.69 bits per heavy atom. The monoisotopic (exact) mass is 183 g/mol. The highest BCUT2D eigenvalue weighted by atomic mass is 16.3. The summed E-state index contributed by atoms with van der Waals surface area (Å²) in [4.78, 5) is 0. The highest BCUT2D eigenvalue weighted by Gasteiger charge is 2.00. The molecule has 0 spiro atoms. The van der Waals surface area contributed by atoms with Gasteiger partial charge in [-0.15, -0.1) is 0 Å². The standard InChI is InChI=1S/C9H17N3O/c1-8(7-13)5-10-6-9-3-4-12(2)11-9/h3-4,8,10,13H,5-7H2,1-2H3. The van der Waals surface area contributed by atoms with Gasteiger partial charge in [0.2, 0.25) is 0 Å². The van der Waals surface area contributed by atoms with Gasteiger partial charge in [0.15, 0.2) is 0 Å². The quantitative estimate of drug-likeness (QED) is 0.682. The van der Waals surface area contributed by atoms with Crippen LogP contribution in [-0.4, -0.2) is 28.0 Å². The maximum Gasteiger partial charge on any atom is 0.0762 e. The van der Waals surface area contributed by atoms with Crippen LogP contribution in [0.1, 0.15) is 12.6 Å². The van der Waals surface area contributed by atoms with Crippen LogP contribution >= 0.6 is 0 Å². The Balaban J connectivity index is 2.20. The summed E-state index contributed by atoms with van der Waals surface area (Å²) >= 11 is 0. The first-order valence-corrected chi connectivity index (χ1v) is 4.52. The van der Waals surface area contributed by atoms with Gasteiger partial charge >= 0.3 is 0 Å². The number of nitrogens with zero attached hydrogens (tertiary/aromatic N) is 2. The fourth-order valence-corrected chi connectivity index (χ4v) is 1.07. The smallest absolute Gasteiger partial charge is 0.0762 e. The minimum Gasteiger partial charge on any atom is -0.396 e. The van der Waals surface area contributed by atoms with Crippen LogP contribution in [0.25, 0.3) is 0 Å². The lowest BCUT2D eigenvalue weighted by Crippen LogP contribution is -2.22. The topological polar surface area (TPSA) is 50.1 Å². The average molecular weight is 183 g/mol. The molecule has 0 saturated carbocycles. The lowest BCUT2D eigenvalue weighted by Gasteiger charge is -2.07. The lowest BCUT2D eigenvalue weighted by atomic mass is 10.2. The Kier molecular flexibility index (Phi) is 3.92. The van der Waals surface area contributed by atoms with Crippen LogP contribution in [0.15, 0.2) is 12.3 Å². The predicted molar refractivity (Wildman–Crippen MR) is 51.2 cm³/mol. The van der Waals surface area contributed by atoms with Crippen LogP contribution in [0, 0.1) is 5.92 Å². The minimum absolute atomic E-state index is 0.231. The number of aryl methyl sites for hydroxylation is 1. The molecule has 0 bridgehead atoms. The van der Waals surface area contributed by atoms with Gasteiger partial charge in [0, 0.05) is 32.9 Å². The molecule has 4 heteroatoms. The molecule has 0 amide bonds. The zero-order chi connectivity index (χ0) is 9.68. The summed E-state index contributed by atoms with van der Waals surface area (Å²) in [7, 11) is 1.90. The third kappa shape index (κ3) is 3.57. The van der Waals surface area contributed by atoms with Crippen LogP contribution in [0.2, 0.25) is 0 Å². The number of nitrogens with one attached hydrogen (secondary N) is 1. The molecule has 1 heterocycles.